The summed E-state index contributed by atoms with van der Waals surface area (Å²) in [5.41, 5.74) is 2.64. The molecule has 0 aliphatic carbocycles. The number of hydrogen-bond acceptors (Lipinski definition) is 6. The van der Waals surface area contributed by atoms with Gasteiger partial charge in [-0.15, -0.1) is 10.2 Å². The lowest BCUT2D eigenvalue weighted by Gasteiger charge is -2.19. The molecule has 2 amide bonds. The standard InChI is InChI=1S/C24H27N7O3/c1-4-29-16-25-27-23(29)17-13-18-15-26-28(2)22(18)21(14-17)34-20-7-5-19(6-8-20)31-10-9-30(24(31)32)11-12-33-3/h5-8,13-16H,4,9-12H2,1-3H3. The number of urea groups is 1. The van der Waals surface area contributed by atoms with Gasteiger partial charge in [0.1, 0.15) is 17.6 Å². The molecule has 1 fully saturated rings. The topological polar surface area (TPSA) is 90.5 Å². The minimum Gasteiger partial charge on any atom is -0.455 e. The summed E-state index contributed by atoms with van der Waals surface area (Å²) in [7, 11) is 3.53. The van der Waals surface area contributed by atoms with E-state index >= 15 is 0 Å². The molecule has 0 unspecified atom stereocenters. The Morgan fingerprint density at radius 2 is 1.94 bits per heavy atom. The molecule has 1 aliphatic heterocycles. The first-order valence-corrected chi connectivity index (χ1v) is 11.3. The van der Waals surface area contributed by atoms with Crippen molar-refractivity contribution in [2.45, 2.75) is 13.5 Å². The predicted molar refractivity (Wildman–Crippen MR) is 128 cm³/mol. The summed E-state index contributed by atoms with van der Waals surface area (Å²) in [6.45, 7) is 5.28. The number of aromatic nitrogens is 5. The van der Waals surface area contributed by atoms with Gasteiger partial charge in [-0.05, 0) is 43.3 Å². The second-order valence-electron chi connectivity index (χ2n) is 8.13. The Bertz CT molecular complexity index is 1310. The first-order chi connectivity index (χ1) is 16.6. The van der Waals surface area contributed by atoms with Crippen LogP contribution in [0.5, 0.6) is 11.5 Å². The van der Waals surface area contributed by atoms with Crippen LogP contribution < -0.4 is 9.64 Å². The Kier molecular flexibility index (Phi) is 5.89. The quantitative estimate of drug-likeness (QED) is 0.399. The van der Waals surface area contributed by atoms with Crippen molar-refractivity contribution >= 4 is 22.6 Å². The number of rotatable bonds is 8. The van der Waals surface area contributed by atoms with E-state index in [1.54, 1.807) is 27.9 Å². The lowest BCUT2D eigenvalue weighted by atomic mass is 10.1. The number of methoxy groups -OCH3 is 1. The monoisotopic (exact) mass is 461 g/mol. The second-order valence-corrected chi connectivity index (χ2v) is 8.13. The van der Waals surface area contributed by atoms with Crippen LogP contribution in [-0.4, -0.2) is 68.8 Å². The first kappa shape index (κ1) is 21.9. The third-order valence-electron chi connectivity index (χ3n) is 6.05. The van der Waals surface area contributed by atoms with Crippen LogP contribution in [0.15, 0.2) is 48.9 Å². The van der Waals surface area contributed by atoms with Crippen molar-refractivity contribution in [3.05, 3.63) is 48.9 Å². The number of benzene rings is 2. The van der Waals surface area contributed by atoms with Crippen molar-refractivity contribution in [1.82, 2.24) is 29.4 Å². The van der Waals surface area contributed by atoms with Crippen LogP contribution >= 0.6 is 0 Å². The fourth-order valence-electron chi connectivity index (χ4n) is 4.25. The normalized spacial score (nSPS) is 13.9. The molecule has 0 spiro atoms. The largest absolute Gasteiger partial charge is 0.455 e. The van der Waals surface area contributed by atoms with E-state index in [0.717, 1.165) is 34.5 Å². The molecule has 10 nitrogen and oxygen atoms in total. The summed E-state index contributed by atoms with van der Waals surface area (Å²) in [5, 5.41) is 13.7. The van der Waals surface area contributed by atoms with Crippen molar-refractivity contribution in [2.24, 2.45) is 7.05 Å². The third-order valence-corrected chi connectivity index (χ3v) is 6.05. The second kappa shape index (κ2) is 9.14. The zero-order chi connectivity index (χ0) is 23.7. The van der Waals surface area contributed by atoms with Crippen molar-refractivity contribution in [3.8, 4) is 22.9 Å². The average Bonchev–Trinajstić information content (AvgIpc) is 3.57. The highest BCUT2D eigenvalue weighted by Crippen LogP contribution is 2.35. The van der Waals surface area contributed by atoms with Gasteiger partial charge in [-0.25, -0.2) is 4.79 Å². The summed E-state index contributed by atoms with van der Waals surface area (Å²) in [5.74, 6) is 2.12. The molecule has 2 aromatic carbocycles. The molecule has 2 aromatic heterocycles. The van der Waals surface area contributed by atoms with Gasteiger partial charge in [-0.3, -0.25) is 9.58 Å². The third kappa shape index (κ3) is 3.96. The Balaban J connectivity index is 1.41. The minimum atomic E-state index is -0.00458. The summed E-state index contributed by atoms with van der Waals surface area (Å²) in [4.78, 5) is 16.3. The fraction of sp³-hybridized carbons (Fsp3) is 0.333. The summed E-state index contributed by atoms with van der Waals surface area (Å²) < 4.78 is 15.2. The Morgan fingerprint density at radius 1 is 1.12 bits per heavy atom. The van der Waals surface area contributed by atoms with Crippen molar-refractivity contribution in [2.75, 3.05) is 38.3 Å². The Hall–Kier alpha value is -3.92. The molecule has 10 heteroatoms. The molecule has 34 heavy (non-hydrogen) atoms. The van der Waals surface area contributed by atoms with Crippen molar-refractivity contribution in [1.29, 1.82) is 0 Å². The molecule has 5 rings (SSSR count). The van der Waals surface area contributed by atoms with E-state index in [1.165, 1.54) is 0 Å². The van der Waals surface area contributed by atoms with E-state index < -0.39 is 0 Å². The number of anilines is 1. The maximum absolute atomic E-state index is 12.7. The van der Waals surface area contributed by atoms with Crippen LogP contribution in [0.4, 0.5) is 10.5 Å². The van der Waals surface area contributed by atoms with E-state index in [9.17, 15) is 4.79 Å². The molecule has 3 heterocycles. The van der Waals surface area contributed by atoms with Crippen molar-refractivity contribution in [3.63, 3.8) is 0 Å². The highest BCUT2D eigenvalue weighted by molar-refractivity contribution is 5.94. The van der Waals surface area contributed by atoms with Gasteiger partial charge in [0.2, 0.25) is 0 Å². The van der Waals surface area contributed by atoms with Gasteiger partial charge in [0, 0.05) is 57.0 Å². The van der Waals surface area contributed by atoms with Gasteiger partial charge in [0.15, 0.2) is 11.6 Å². The molecule has 1 saturated heterocycles. The van der Waals surface area contributed by atoms with E-state index in [1.807, 2.05) is 54.2 Å². The first-order valence-electron chi connectivity index (χ1n) is 11.3. The highest BCUT2D eigenvalue weighted by Gasteiger charge is 2.29. The number of fused-ring (bicyclic) bond motifs is 1. The lowest BCUT2D eigenvalue weighted by molar-refractivity contribution is 0.162. The maximum atomic E-state index is 12.7. The summed E-state index contributed by atoms with van der Waals surface area (Å²) in [6, 6.07) is 11.6. The number of carbonyl (C=O) groups is 1. The van der Waals surface area contributed by atoms with E-state index in [2.05, 4.69) is 22.2 Å². The molecule has 0 atom stereocenters. The summed E-state index contributed by atoms with van der Waals surface area (Å²) in [6.07, 6.45) is 3.54. The molecule has 176 valence electrons. The van der Waals surface area contributed by atoms with Gasteiger partial charge in [0.25, 0.3) is 0 Å². The molecule has 0 saturated carbocycles. The predicted octanol–water partition coefficient (Wildman–Crippen LogP) is 3.53. The number of amides is 2. The number of hydrogen-bond donors (Lipinski definition) is 0. The Labute approximate surface area is 197 Å². The van der Waals surface area contributed by atoms with E-state index in [0.29, 0.717) is 37.7 Å². The summed E-state index contributed by atoms with van der Waals surface area (Å²) >= 11 is 0. The van der Waals surface area contributed by atoms with Gasteiger partial charge in [-0.2, -0.15) is 5.10 Å². The zero-order valence-corrected chi connectivity index (χ0v) is 19.5. The number of carbonyl (C=O) groups excluding carboxylic acids is 1. The zero-order valence-electron chi connectivity index (χ0n) is 19.5. The van der Waals surface area contributed by atoms with Crippen LogP contribution in [-0.2, 0) is 18.3 Å². The number of ether oxygens (including phenoxy) is 2. The molecular formula is C24H27N7O3. The number of nitrogens with zero attached hydrogens (tertiary/aromatic N) is 7. The fourth-order valence-corrected chi connectivity index (χ4v) is 4.25. The molecule has 4 aromatic rings. The van der Waals surface area contributed by atoms with E-state index in [-0.39, 0.29) is 6.03 Å². The van der Waals surface area contributed by atoms with E-state index in [4.69, 9.17) is 9.47 Å². The lowest BCUT2D eigenvalue weighted by Crippen LogP contribution is -2.33. The molecular weight excluding hydrogens is 434 g/mol. The average molecular weight is 462 g/mol. The Morgan fingerprint density at radius 3 is 2.71 bits per heavy atom. The van der Waals surface area contributed by atoms with Crippen LogP contribution in [0.2, 0.25) is 0 Å². The van der Waals surface area contributed by atoms with Crippen molar-refractivity contribution < 1.29 is 14.3 Å². The van der Waals surface area contributed by atoms with Crippen LogP contribution in [0.25, 0.3) is 22.3 Å². The van der Waals surface area contributed by atoms with Gasteiger partial charge in [0.05, 0.1) is 12.8 Å². The highest BCUT2D eigenvalue weighted by atomic mass is 16.5. The van der Waals surface area contributed by atoms with Crippen LogP contribution in [0.3, 0.4) is 0 Å². The van der Waals surface area contributed by atoms with Gasteiger partial charge < -0.3 is 18.9 Å². The molecule has 0 radical (unpaired) electrons. The molecule has 0 N–H and O–H groups in total. The SMILES string of the molecule is CCn1cnnc1-c1cc(Oc2ccc(N3CCN(CCOC)C3=O)cc2)c2c(cnn2C)c1. The molecule has 1 aliphatic rings. The van der Waals surface area contributed by atoms with Gasteiger partial charge in [-0.1, -0.05) is 0 Å². The minimum absolute atomic E-state index is 0.00458. The smallest absolute Gasteiger partial charge is 0.324 e. The van der Waals surface area contributed by atoms with Gasteiger partial charge >= 0.3 is 6.03 Å². The maximum Gasteiger partial charge on any atom is 0.324 e. The van der Waals surface area contributed by atoms with Crippen LogP contribution in [0, 0.1) is 0 Å². The number of aryl methyl sites for hydroxylation is 2. The van der Waals surface area contributed by atoms with Crippen LogP contribution in [0.1, 0.15) is 6.92 Å². The molecule has 0 bridgehead atoms.